The highest BCUT2D eigenvalue weighted by atomic mass is 19.2. The van der Waals surface area contributed by atoms with Crippen LogP contribution in [0.15, 0.2) is 54.6 Å². The number of allylic oxidation sites excluding steroid dienone is 1. The Kier molecular flexibility index (Phi) is 6.55. The molecule has 30 heavy (non-hydrogen) atoms. The van der Waals surface area contributed by atoms with E-state index < -0.39 is 45.8 Å². The Labute approximate surface area is 171 Å². The third kappa shape index (κ3) is 4.08. The highest BCUT2D eigenvalue weighted by molar-refractivity contribution is 5.91. The van der Waals surface area contributed by atoms with Gasteiger partial charge in [0.1, 0.15) is 12.4 Å². The lowest BCUT2D eigenvalue weighted by atomic mass is 10.0. The first kappa shape index (κ1) is 21.6. The first-order valence-corrected chi connectivity index (χ1v) is 9.38. The summed E-state index contributed by atoms with van der Waals surface area (Å²) in [5.41, 5.74) is 0.0536. The zero-order valence-corrected chi connectivity index (χ0v) is 16.4. The number of ether oxygens (including phenoxy) is 1. The van der Waals surface area contributed by atoms with Gasteiger partial charge < -0.3 is 4.74 Å². The maximum absolute atomic E-state index is 14.9. The Balaban J connectivity index is 2.09. The summed E-state index contributed by atoms with van der Waals surface area (Å²) in [7, 11) is 0. The van der Waals surface area contributed by atoms with E-state index in [1.807, 2.05) is 6.92 Å². The van der Waals surface area contributed by atoms with E-state index in [1.165, 1.54) is 18.2 Å². The second-order valence-corrected chi connectivity index (χ2v) is 6.59. The number of hydrogen-bond donors (Lipinski definition) is 0. The van der Waals surface area contributed by atoms with Crippen LogP contribution in [0.4, 0.5) is 22.0 Å². The summed E-state index contributed by atoms with van der Waals surface area (Å²) in [4.78, 5) is 0. The molecule has 0 aliphatic rings. The van der Waals surface area contributed by atoms with Crippen LogP contribution in [0.25, 0.3) is 22.4 Å². The average Bonchev–Trinajstić information content (AvgIpc) is 2.76. The van der Waals surface area contributed by atoms with Crippen LogP contribution in [0.2, 0.25) is 0 Å². The van der Waals surface area contributed by atoms with Crippen LogP contribution in [0.5, 0.6) is 5.75 Å². The summed E-state index contributed by atoms with van der Waals surface area (Å²) < 4.78 is 78.2. The van der Waals surface area contributed by atoms with Gasteiger partial charge in [-0.1, -0.05) is 49.4 Å². The highest BCUT2D eigenvalue weighted by Gasteiger charge is 2.23. The summed E-state index contributed by atoms with van der Waals surface area (Å²) in [6, 6.07) is 9.30. The van der Waals surface area contributed by atoms with Crippen LogP contribution in [0.1, 0.15) is 30.5 Å². The lowest BCUT2D eigenvalue weighted by molar-refractivity contribution is 0.333. The Morgan fingerprint density at radius 2 is 1.60 bits per heavy atom. The van der Waals surface area contributed by atoms with Crippen molar-refractivity contribution in [1.29, 1.82) is 0 Å². The van der Waals surface area contributed by atoms with Gasteiger partial charge in [-0.05, 0) is 36.4 Å². The van der Waals surface area contributed by atoms with Crippen molar-refractivity contribution in [3.8, 4) is 5.75 Å². The maximum Gasteiger partial charge on any atom is 0.201 e. The molecule has 0 heterocycles. The molecule has 0 spiro atoms. The third-order valence-electron chi connectivity index (χ3n) is 4.70. The molecule has 0 saturated heterocycles. The molecule has 0 amide bonds. The van der Waals surface area contributed by atoms with Crippen LogP contribution >= 0.6 is 0 Å². The molecule has 3 rings (SSSR count). The molecule has 6 heteroatoms. The molecular weight excluding hydrogens is 399 g/mol. The summed E-state index contributed by atoms with van der Waals surface area (Å²) >= 11 is 0. The third-order valence-corrected chi connectivity index (χ3v) is 4.70. The van der Waals surface area contributed by atoms with Gasteiger partial charge in [-0.15, -0.1) is 0 Å². The summed E-state index contributed by atoms with van der Waals surface area (Å²) in [5.74, 6) is -7.49. The van der Waals surface area contributed by atoms with E-state index in [1.54, 1.807) is 31.2 Å². The number of halogens is 5. The zero-order valence-electron chi connectivity index (χ0n) is 16.4. The highest BCUT2D eigenvalue weighted by Crippen LogP contribution is 2.36. The summed E-state index contributed by atoms with van der Waals surface area (Å²) in [6.45, 7) is 3.65. The molecule has 0 aromatic heterocycles. The van der Waals surface area contributed by atoms with E-state index >= 15 is 0 Å². The second kappa shape index (κ2) is 9.11. The quantitative estimate of drug-likeness (QED) is 0.228. The molecule has 0 saturated carbocycles. The van der Waals surface area contributed by atoms with E-state index in [4.69, 9.17) is 4.74 Å². The predicted molar refractivity (Wildman–Crippen MR) is 109 cm³/mol. The van der Waals surface area contributed by atoms with Crippen molar-refractivity contribution in [2.45, 2.75) is 20.3 Å². The van der Waals surface area contributed by atoms with Crippen molar-refractivity contribution in [3.05, 3.63) is 88.8 Å². The van der Waals surface area contributed by atoms with Crippen LogP contribution < -0.4 is 4.74 Å². The second-order valence-electron chi connectivity index (χ2n) is 6.59. The van der Waals surface area contributed by atoms with E-state index in [-0.39, 0.29) is 17.6 Å². The minimum atomic E-state index is -1.53. The molecule has 3 aromatic rings. The van der Waals surface area contributed by atoms with Crippen molar-refractivity contribution in [2.75, 3.05) is 6.61 Å². The fourth-order valence-electron chi connectivity index (χ4n) is 3.00. The van der Waals surface area contributed by atoms with Gasteiger partial charge in [-0.3, -0.25) is 0 Å². The van der Waals surface area contributed by atoms with Crippen LogP contribution in [0, 0.1) is 17.5 Å². The number of fused-ring (bicyclic) bond motifs is 1. The molecular formula is C24H19F5O. The van der Waals surface area contributed by atoms with E-state index in [2.05, 4.69) is 0 Å². The minimum absolute atomic E-state index is 0.00166. The average molecular weight is 418 g/mol. The van der Waals surface area contributed by atoms with Crippen molar-refractivity contribution in [3.63, 3.8) is 0 Å². The van der Waals surface area contributed by atoms with Crippen molar-refractivity contribution in [2.24, 2.45) is 0 Å². The van der Waals surface area contributed by atoms with Gasteiger partial charge in [0.2, 0.25) is 5.82 Å². The molecule has 0 bridgehead atoms. The molecule has 1 nitrogen and oxygen atoms in total. The Bertz CT molecular complexity index is 1130. The van der Waals surface area contributed by atoms with Gasteiger partial charge in [0.15, 0.2) is 23.2 Å². The van der Waals surface area contributed by atoms with Gasteiger partial charge >= 0.3 is 0 Å². The lowest BCUT2D eigenvalue weighted by Gasteiger charge is -2.11. The first-order valence-electron chi connectivity index (χ1n) is 9.38. The Hall–Kier alpha value is -3.15. The van der Waals surface area contributed by atoms with Crippen LogP contribution in [-0.2, 0) is 6.42 Å². The number of aryl methyl sites for hydroxylation is 1. The Morgan fingerprint density at radius 1 is 0.900 bits per heavy atom. The largest absolute Gasteiger partial charge is 0.486 e. The molecule has 0 radical (unpaired) electrons. The van der Waals surface area contributed by atoms with Crippen molar-refractivity contribution in [1.82, 2.24) is 0 Å². The summed E-state index contributed by atoms with van der Waals surface area (Å²) in [6.07, 6.45) is 3.97. The van der Waals surface area contributed by atoms with Crippen molar-refractivity contribution >= 4 is 22.4 Å². The number of hydrogen-bond acceptors (Lipinski definition) is 1. The molecule has 0 aliphatic heterocycles. The fourth-order valence-corrected chi connectivity index (χ4v) is 3.00. The van der Waals surface area contributed by atoms with Crippen LogP contribution in [0.3, 0.4) is 0 Å². The molecule has 0 fully saturated rings. The molecule has 3 aromatic carbocycles. The fraction of sp³-hybridized carbons (Fsp3) is 0.167. The lowest BCUT2D eigenvalue weighted by Crippen LogP contribution is -2.01. The van der Waals surface area contributed by atoms with Gasteiger partial charge in [0.05, 0.1) is 5.39 Å². The maximum atomic E-state index is 14.9. The number of rotatable bonds is 6. The molecule has 0 N–H and O–H groups in total. The topological polar surface area (TPSA) is 9.23 Å². The molecule has 0 unspecified atom stereocenters. The molecule has 156 valence electrons. The zero-order chi connectivity index (χ0) is 21.8. The predicted octanol–water partition coefficient (Wildman–Crippen LogP) is 7.54. The van der Waals surface area contributed by atoms with Gasteiger partial charge in [0, 0.05) is 11.1 Å². The Morgan fingerprint density at radius 3 is 2.23 bits per heavy atom. The van der Waals surface area contributed by atoms with Gasteiger partial charge in [0.25, 0.3) is 0 Å². The minimum Gasteiger partial charge on any atom is -0.486 e. The normalized spacial score (nSPS) is 12.5. The molecule has 0 atom stereocenters. The van der Waals surface area contributed by atoms with Crippen molar-refractivity contribution < 1.29 is 26.7 Å². The first-order chi connectivity index (χ1) is 14.4. The summed E-state index contributed by atoms with van der Waals surface area (Å²) in [5, 5.41) is -0.807. The van der Waals surface area contributed by atoms with Crippen LogP contribution in [-0.4, -0.2) is 6.61 Å². The SMILES string of the molecule is CC=CCOc1cc2ccc(C(F)=C(F)c3ccc(CC)cc3)c(F)c2c(F)c1F. The van der Waals surface area contributed by atoms with Gasteiger partial charge in [-0.25, -0.2) is 17.6 Å². The monoisotopic (exact) mass is 418 g/mol. The molecule has 0 aliphatic carbocycles. The smallest absolute Gasteiger partial charge is 0.201 e. The number of benzene rings is 3. The van der Waals surface area contributed by atoms with E-state index in [0.717, 1.165) is 24.1 Å². The standard InChI is InChI=1S/C24H19F5O/c1-3-5-12-30-18-13-16-10-11-17(21(26)19(16)24(29)23(18)28)22(27)20(25)15-8-6-14(4-2)7-9-15/h3,5-11,13H,4,12H2,1-2H3. The van der Waals surface area contributed by atoms with E-state index in [9.17, 15) is 22.0 Å². The van der Waals surface area contributed by atoms with E-state index in [0.29, 0.717) is 0 Å². The van der Waals surface area contributed by atoms with Gasteiger partial charge in [-0.2, -0.15) is 4.39 Å².